The van der Waals surface area contributed by atoms with Gasteiger partial charge in [-0.1, -0.05) is 0 Å². The molecule has 2 rings (SSSR count). The predicted octanol–water partition coefficient (Wildman–Crippen LogP) is 2.51. The molecule has 1 amide bonds. The summed E-state index contributed by atoms with van der Waals surface area (Å²) in [5, 5.41) is 6.58. The number of aliphatic imine (C=N–C) groups is 1. The molecule has 0 aliphatic carbocycles. The molecular formula is C19H34IN5O3. The largest absolute Gasteiger partial charge is 0.467 e. The van der Waals surface area contributed by atoms with Crippen molar-refractivity contribution in [2.75, 3.05) is 45.8 Å². The van der Waals surface area contributed by atoms with Gasteiger partial charge in [0.2, 0.25) is 0 Å². The van der Waals surface area contributed by atoms with Crippen molar-refractivity contribution in [3.05, 3.63) is 24.2 Å². The Bertz CT molecular complexity index is 593. The van der Waals surface area contributed by atoms with Crippen molar-refractivity contribution in [2.45, 2.75) is 39.8 Å². The zero-order valence-electron chi connectivity index (χ0n) is 17.4. The van der Waals surface area contributed by atoms with Crippen LogP contribution in [0.4, 0.5) is 4.79 Å². The second kappa shape index (κ2) is 12.2. The Morgan fingerprint density at radius 2 is 1.96 bits per heavy atom. The summed E-state index contributed by atoms with van der Waals surface area (Å²) in [6.45, 7) is 13.8. The first-order chi connectivity index (χ1) is 12.9. The second-order valence-electron chi connectivity index (χ2n) is 7.51. The molecule has 0 aromatic carbocycles. The van der Waals surface area contributed by atoms with Crippen LogP contribution in [0.2, 0.25) is 0 Å². The maximum Gasteiger partial charge on any atom is 0.410 e. The number of piperazine rings is 1. The molecule has 160 valence electrons. The Morgan fingerprint density at radius 1 is 1.25 bits per heavy atom. The molecule has 0 atom stereocenters. The fourth-order valence-electron chi connectivity index (χ4n) is 2.71. The Balaban J connectivity index is 0.00000392. The van der Waals surface area contributed by atoms with Crippen molar-refractivity contribution in [1.29, 1.82) is 0 Å². The number of furan rings is 1. The standard InChI is InChI=1S/C19H33N5O3.HI/c1-5-20-17(22-15-16-7-6-14-26-16)21-8-9-23-10-12-24(13-11-23)18(25)27-19(2,3)4;/h6-7,14H,5,8-13,15H2,1-4H3,(H2,20,21,22);1H. The number of carbonyl (C=O) groups excluding carboxylic acids is 1. The zero-order chi connectivity index (χ0) is 19.7. The molecule has 1 aliphatic heterocycles. The summed E-state index contributed by atoms with van der Waals surface area (Å²) < 4.78 is 10.7. The summed E-state index contributed by atoms with van der Waals surface area (Å²) in [7, 11) is 0. The summed E-state index contributed by atoms with van der Waals surface area (Å²) in [6, 6.07) is 3.78. The lowest BCUT2D eigenvalue weighted by molar-refractivity contribution is 0.0147. The molecule has 2 heterocycles. The molecule has 8 nitrogen and oxygen atoms in total. The Labute approximate surface area is 185 Å². The maximum absolute atomic E-state index is 12.1. The highest BCUT2D eigenvalue weighted by Crippen LogP contribution is 2.11. The van der Waals surface area contributed by atoms with Crippen molar-refractivity contribution >= 4 is 36.0 Å². The van der Waals surface area contributed by atoms with Crippen molar-refractivity contribution in [3.8, 4) is 0 Å². The van der Waals surface area contributed by atoms with Gasteiger partial charge in [-0.15, -0.1) is 24.0 Å². The first kappa shape index (κ1) is 24.5. The van der Waals surface area contributed by atoms with Gasteiger partial charge in [-0.25, -0.2) is 9.79 Å². The first-order valence-corrected chi connectivity index (χ1v) is 9.62. The minimum atomic E-state index is -0.449. The van der Waals surface area contributed by atoms with Gasteiger partial charge in [0.1, 0.15) is 17.9 Å². The van der Waals surface area contributed by atoms with Crippen molar-refractivity contribution in [3.63, 3.8) is 0 Å². The molecule has 0 unspecified atom stereocenters. The Morgan fingerprint density at radius 3 is 2.54 bits per heavy atom. The molecule has 0 spiro atoms. The van der Waals surface area contributed by atoms with Gasteiger partial charge < -0.3 is 24.7 Å². The van der Waals surface area contributed by atoms with E-state index in [-0.39, 0.29) is 30.1 Å². The molecule has 0 saturated carbocycles. The monoisotopic (exact) mass is 507 g/mol. The van der Waals surface area contributed by atoms with Crippen LogP contribution in [0.5, 0.6) is 0 Å². The number of nitrogens with one attached hydrogen (secondary N) is 2. The van der Waals surface area contributed by atoms with E-state index in [2.05, 4.69) is 20.5 Å². The van der Waals surface area contributed by atoms with Gasteiger partial charge >= 0.3 is 6.09 Å². The van der Waals surface area contributed by atoms with Gasteiger partial charge in [0, 0.05) is 45.8 Å². The molecule has 1 aliphatic rings. The first-order valence-electron chi connectivity index (χ1n) is 9.62. The average molecular weight is 507 g/mol. The van der Waals surface area contributed by atoms with E-state index in [1.54, 1.807) is 11.2 Å². The van der Waals surface area contributed by atoms with Gasteiger partial charge in [-0.05, 0) is 39.8 Å². The molecule has 28 heavy (non-hydrogen) atoms. The van der Waals surface area contributed by atoms with Crippen LogP contribution in [0.3, 0.4) is 0 Å². The van der Waals surface area contributed by atoms with Crippen molar-refractivity contribution in [1.82, 2.24) is 20.4 Å². The van der Waals surface area contributed by atoms with E-state index >= 15 is 0 Å². The topological polar surface area (TPSA) is 82.3 Å². The van der Waals surface area contributed by atoms with Gasteiger partial charge in [0.15, 0.2) is 5.96 Å². The van der Waals surface area contributed by atoms with Gasteiger partial charge in [-0.3, -0.25) is 4.90 Å². The summed E-state index contributed by atoms with van der Waals surface area (Å²) >= 11 is 0. The van der Waals surface area contributed by atoms with Crippen LogP contribution in [0.15, 0.2) is 27.8 Å². The van der Waals surface area contributed by atoms with E-state index in [0.29, 0.717) is 19.6 Å². The van der Waals surface area contributed by atoms with Crippen LogP contribution in [-0.2, 0) is 11.3 Å². The number of carbonyl (C=O) groups is 1. The number of ether oxygens (including phenoxy) is 1. The second-order valence-corrected chi connectivity index (χ2v) is 7.51. The maximum atomic E-state index is 12.1. The van der Waals surface area contributed by atoms with Crippen LogP contribution in [0, 0.1) is 0 Å². The lowest BCUT2D eigenvalue weighted by Gasteiger charge is -2.35. The highest BCUT2D eigenvalue weighted by atomic mass is 127. The third-order valence-corrected chi connectivity index (χ3v) is 4.06. The van der Waals surface area contributed by atoms with E-state index in [1.807, 2.05) is 39.8 Å². The quantitative estimate of drug-likeness (QED) is 0.350. The molecule has 0 bridgehead atoms. The van der Waals surface area contributed by atoms with Gasteiger partial charge in [-0.2, -0.15) is 0 Å². The molecular weight excluding hydrogens is 473 g/mol. The van der Waals surface area contributed by atoms with Gasteiger partial charge in [0.25, 0.3) is 0 Å². The molecule has 1 aromatic heterocycles. The van der Waals surface area contributed by atoms with E-state index in [9.17, 15) is 4.79 Å². The molecule has 0 radical (unpaired) electrons. The molecule has 2 N–H and O–H groups in total. The van der Waals surface area contributed by atoms with Crippen LogP contribution in [-0.4, -0.2) is 73.3 Å². The number of nitrogens with zero attached hydrogens (tertiary/aromatic N) is 3. The number of hydrogen-bond acceptors (Lipinski definition) is 5. The van der Waals surface area contributed by atoms with E-state index in [0.717, 1.165) is 44.4 Å². The minimum absolute atomic E-state index is 0. The number of amides is 1. The lowest BCUT2D eigenvalue weighted by Crippen LogP contribution is -2.51. The van der Waals surface area contributed by atoms with Gasteiger partial charge in [0.05, 0.1) is 6.26 Å². The van der Waals surface area contributed by atoms with E-state index < -0.39 is 5.60 Å². The third kappa shape index (κ3) is 9.13. The SMILES string of the molecule is CCNC(=NCc1ccco1)NCCN1CCN(C(=O)OC(C)(C)C)CC1.I. The third-order valence-electron chi connectivity index (χ3n) is 4.06. The zero-order valence-corrected chi connectivity index (χ0v) is 19.7. The molecule has 1 saturated heterocycles. The van der Waals surface area contributed by atoms with E-state index in [1.165, 1.54) is 0 Å². The number of halogens is 1. The lowest BCUT2D eigenvalue weighted by atomic mass is 10.2. The Hall–Kier alpha value is -1.49. The summed E-state index contributed by atoms with van der Waals surface area (Å²) in [6.07, 6.45) is 1.43. The van der Waals surface area contributed by atoms with E-state index in [4.69, 9.17) is 9.15 Å². The smallest absolute Gasteiger partial charge is 0.410 e. The summed E-state index contributed by atoms with van der Waals surface area (Å²) in [4.78, 5) is 20.7. The van der Waals surface area contributed by atoms with Crippen LogP contribution in [0.1, 0.15) is 33.5 Å². The molecule has 1 fully saturated rings. The number of guanidine groups is 1. The minimum Gasteiger partial charge on any atom is -0.467 e. The number of hydrogen-bond donors (Lipinski definition) is 2. The normalized spacial score (nSPS) is 15.7. The summed E-state index contributed by atoms with van der Waals surface area (Å²) in [5.74, 6) is 1.62. The highest BCUT2D eigenvalue weighted by Gasteiger charge is 2.25. The van der Waals surface area contributed by atoms with Crippen LogP contribution < -0.4 is 10.6 Å². The predicted molar refractivity (Wildman–Crippen MR) is 121 cm³/mol. The van der Waals surface area contributed by atoms with Crippen LogP contribution >= 0.6 is 24.0 Å². The van der Waals surface area contributed by atoms with Crippen molar-refractivity contribution < 1.29 is 13.9 Å². The van der Waals surface area contributed by atoms with Crippen molar-refractivity contribution in [2.24, 2.45) is 4.99 Å². The molecule has 9 heteroatoms. The number of rotatable bonds is 6. The van der Waals surface area contributed by atoms with Crippen LogP contribution in [0.25, 0.3) is 0 Å². The summed E-state index contributed by atoms with van der Waals surface area (Å²) in [5.41, 5.74) is -0.449. The molecule has 1 aromatic rings. The highest BCUT2D eigenvalue weighted by molar-refractivity contribution is 14.0. The fraction of sp³-hybridized carbons (Fsp3) is 0.684. The fourth-order valence-corrected chi connectivity index (χ4v) is 2.71. The average Bonchev–Trinajstić information content (AvgIpc) is 3.12. The Kier molecular flexibility index (Phi) is 10.7.